The third-order valence-electron chi connectivity index (χ3n) is 2.99. The first-order valence-electron chi connectivity index (χ1n) is 5.91. The summed E-state index contributed by atoms with van der Waals surface area (Å²) >= 11 is 2.05. The van der Waals surface area contributed by atoms with Crippen LogP contribution in [-0.4, -0.2) is 36.2 Å². The maximum atomic E-state index is 5.77. The topological polar surface area (TPSA) is 51.4 Å². The number of hydrogen-bond donors (Lipinski definition) is 1. The predicted octanol–water partition coefficient (Wildman–Crippen LogP) is 2.00. The Morgan fingerprint density at radius 1 is 1.59 bits per heavy atom. The SMILES string of the molecule is CCC1CN(c2ccc(N)c(OC)n2)CCS1. The number of anilines is 2. The molecule has 0 amide bonds. The molecule has 0 aliphatic carbocycles. The van der Waals surface area contributed by atoms with Gasteiger partial charge in [0.15, 0.2) is 0 Å². The van der Waals surface area contributed by atoms with Crippen LogP contribution in [-0.2, 0) is 0 Å². The molecule has 4 nitrogen and oxygen atoms in total. The molecular formula is C12H19N3OS. The van der Waals surface area contributed by atoms with Gasteiger partial charge in [0.25, 0.3) is 0 Å². The second kappa shape index (κ2) is 5.49. The van der Waals surface area contributed by atoms with E-state index < -0.39 is 0 Å². The predicted molar refractivity (Wildman–Crippen MR) is 74.0 cm³/mol. The molecule has 1 aromatic heterocycles. The number of thioether (sulfide) groups is 1. The summed E-state index contributed by atoms with van der Waals surface area (Å²) in [7, 11) is 1.60. The highest BCUT2D eigenvalue weighted by molar-refractivity contribution is 8.00. The molecule has 2 heterocycles. The molecule has 0 aromatic carbocycles. The van der Waals surface area contributed by atoms with E-state index >= 15 is 0 Å². The van der Waals surface area contributed by atoms with E-state index in [0.717, 1.165) is 24.7 Å². The van der Waals surface area contributed by atoms with E-state index in [2.05, 4.69) is 16.8 Å². The van der Waals surface area contributed by atoms with E-state index in [-0.39, 0.29) is 0 Å². The summed E-state index contributed by atoms with van der Waals surface area (Å²) in [4.78, 5) is 6.76. The third kappa shape index (κ3) is 2.77. The van der Waals surface area contributed by atoms with Crippen LogP contribution in [0.3, 0.4) is 0 Å². The molecule has 1 unspecified atom stereocenters. The van der Waals surface area contributed by atoms with Crippen LogP contribution in [0.4, 0.5) is 11.5 Å². The Hall–Kier alpha value is -1.10. The van der Waals surface area contributed by atoms with Gasteiger partial charge in [-0.3, -0.25) is 0 Å². The zero-order chi connectivity index (χ0) is 12.3. The van der Waals surface area contributed by atoms with Gasteiger partial charge in [-0.25, -0.2) is 0 Å². The number of ether oxygens (including phenoxy) is 1. The van der Waals surface area contributed by atoms with Gasteiger partial charge < -0.3 is 15.4 Å². The minimum absolute atomic E-state index is 0.522. The summed E-state index contributed by atoms with van der Waals surface area (Å²) in [5.74, 6) is 2.65. The van der Waals surface area contributed by atoms with Gasteiger partial charge in [-0.1, -0.05) is 6.92 Å². The lowest BCUT2D eigenvalue weighted by molar-refractivity contribution is 0.400. The Kier molecular flexibility index (Phi) is 3.99. The summed E-state index contributed by atoms with van der Waals surface area (Å²) in [6.45, 7) is 4.33. The molecule has 1 aliphatic rings. The van der Waals surface area contributed by atoms with Crippen molar-refractivity contribution in [3.63, 3.8) is 0 Å². The number of nitrogen functional groups attached to an aromatic ring is 1. The van der Waals surface area contributed by atoms with Gasteiger partial charge >= 0.3 is 0 Å². The smallest absolute Gasteiger partial charge is 0.238 e. The largest absolute Gasteiger partial charge is 0.479 e. The fraction of sp³-hybridized carbons (Fsp3) is 0.583. The summed E-state index contributed by atoms with van der Waals surface area (Å²) in [5.41, 5.74) is 6.37. The lowest BCUT2D eigenvalue weighted by Gasteiger charge is -2.32. The van der Waals surface area contributed by atoms with Crippen LogP contribution < -0.4 is 15.4 Å². The van der Waals surface area contributed by atoms with E-state index in [4.69, 9.17) is 10.5 Å². The molecule has 1 aromatic rings. The molecule has 0 spiro atoms. The summed E-state index contributed by atoms with van der Waals surface area (Å²) in [6, 6.07) is 3.84. The monoisotopic (exact) mass is 253 g/mol. The average molecular weight is 253 g/mol. The molecule has 17 heavy (non-hydrogen) atoms. The van der Waals surface area contributed by atoms with Gasteiger partial charge in [-0.2, -0.15) is 16.7 Å². The van der Waals surface area contributed by atoms with Gasteiger partial charge in [0.2, 0.25) is 5.88 Å². The van der Waals surface area contributed by atoms with Crippen molar-refractivity contribution >= 4 is 23.3 Å². The van der Waals surface area contributed by atoms with Crippen LogP contribution in [0.25, 0.3) is 0 Å². The van der Waals surface area contributed by atoms with Crippen molar-refractivity contribution in [1.29, 1.82) is 0 Å². The lowest BCUT2D eigenvalue weighted by Crippen LogP contribution is -2.38. The minimum Gasteiger partial charge on any atom is -0.479 e. The first kappa shape index (κ1) is 12.4. The standard InChI is InChI=1S/C12H19N3OS/c1-3-9-8-15(6-7-17-9)11-5-4-10(13)12(14-11)16-2/h4-5,9H,3,6-8,13H2,1-2H3. The summed E-state index contributed by atoms with van der Waals surface area (Å²) in [5, 5.41) is 0.703. The van der Waals surface area contributed by atoms with Crippen molar-refractivity contribution in [3.05, 3.63) is 12.1 Å². The quantitative estimate of drug-likeness (QED) is 0.893. The van der Waals surface area contributed by atoms with Crippen LogP contribution in [0.15, 0.2) is 12.1 Å². The molecule has 0 bridgehead atoms. The van der Waals surface area contributed by atoms with Gasteiger partial charge in [-0.15, -0.1) is 0 Å². The number of methoxy groups -OCH3 is 1. The van der Waals surface area contributed by atoms with Crippen LogP contribution in [0, 0.1) is 0 Å². The number of nitrogens with zero attached hydrogens (tertiary/aromatic N) is 2. The summed E-state index contributed by atoms with van der Waals surface area (Å²) < 4.78 is 5.16. The van der Waals surface area contributed by atoms with E-state index in [9.17, 15) is 0 Å². The third-order valence-corrected chi connectivity index (χ3v) is 4.36. The molecule has 1 fully saturated rings. The van der Waals surface area contributed by atoms with Crippen LogP contribution in [0.1, 0.15) is 13.3 Å². The molecule has 2 rings (SSSR count). The second-order valence-electron chi connectivity index (χ2n) is 4.12. The molecular weight excluding hydrogens is 234 g/mol. The van der Waals surface area contributed by atoms with Crippen LogP contribution in [0.2, 0.25) is 0 Å². The van der Waals surface area contributed by atoms with Crippen LogP contribution in [0.5, 0.6) is 5.88 Å². The Balaban J connectivity index is 2.16. The maximum absolute atomic E-state index is 5.77. The first-order chi connectivity index (χ1) is 8.24. The Bertz CT molecular complexity index is 386. The minimum atomic E-state index is 0.522. The average Bonchev–Trinajstić information content (AvgIpc) is 2.39. The van der Waals surface area contributed by atoms with Gasteiger partial charge in [-0.05, 0) is 18.6 Å². The molecule has 2 N–H and O–H groups in total. The zero-order valence-corrected chi connectivity index (χ0v) is 11.2. The number of pyridine rings is 1. The van der Waals surface area contributed by atoms with Crippen molar-refractivity contribution < 1.29 is 4.74 Å². The fourth-order valence-corrected chi connectivity index (χ4v) is 3.14. The Morgan fingerprint density at radius 3 is 3.12 bits per heavy atom. The van der Waals surface area contributed by atoms with Gasteiger partial charge in [0.05, 0.1) is 12.8 Å². The molecule has 1 aliphatic heterocycles. The van der Waals surface area contributed by atoms with Gasteiger partial charge in [0, 0.05) is 24.1 Å². The number of hydrogen-bond acceptors (Lipinski definition) is 5. The number of rotatable bonds is 3. The van der Waals surface area contributed by atoms with E-state index in [1.54, 1.807) is 7.11 Å². The van der Waals surface area contributed by atoms with Crippen molar-refractivity contribution in [2.45, 2.75) is 18.6 Å². The van der Waals surface area contributed by atoms with Gasteiger partial charge in [0.1, 0.15) is 5.82 Å². The molecule has 1 atom stereocenters. The van der Waals surface area contributed by atoms with Crippen molar-refractivity contribution in [2.24, 2.45) is 0 Å². The van der Waals surface area contributed by atoms with Crippen molar-refractivity contribution in [3.8, 4) is 5.88 Å². The molecule has 1 saturated heterocycles. The van der Waals surface area contributed by atoms with E-state index in [1.807, 2.05) is 23.9 Å². The zero-order valence-electron chi connectivity index (χ0n) is 10.3. The number of nitrogens with two attached hydrogens (primary N) is 1. The normalized spacial score (nSPS) is 20.4. The van der Waals surface area contributed by atoms with E-state index in [1.165, 1.54) is 6.42 Å². The van der Waals surface area contributed by atoms with Crippen molar-refractivity contribution in [1.82, 2.24) is 4.98 Å². The Morgan fingerprint density at radius 2 is 2.41 bits per heavy atom. The van der Waals surface area contributed by atoms with Crippen molar-refractivity contribution in [2.75, 3.05) is 36.6 Å². The highest BCUT2D eigenvalue weighted by atomic mass is 32.2. The van der Waals surface area contributed by atoms with E-state index in [0.29, 0.717) is 16.8 Å². The molecule has 0 radical (unpaired) electrons. The fourth-order valence-electron chi connectivity index (χ4n) is 1.96. The maximum Gasteiger partial charge on any atom is 0.238 e. The summed E-state index contributed by atoms with van der Waals surface area (Å²) in [6.07, 6.45) is 1.20. The molecule has 0 saturated carbocycles. The molecule has 5 heteroatoms. The first-order valence-corrected chi connectivity index (χ1v) is 6.96. The highest BCUT2D eigenvalue weighted by Crippen LogP contribution is 2.27. The highest BCUT2D eigenvalue weighted by Gasteiger charge is 2.20. The van der Waals surface area contributed by atoms with Crippen LogP contribution >= 0.6 is 11.8 Å². The molecule has 94 valence electrons. The lowest BCUT2D eigenvalue weighted by atomic mass is 10.3. The number of aromatic nitrogens is 1. The Labute approximate surface area is 107 Å². The second-order valence-corrected chi connectivity index (χ2v) is 5.52.